The molecule has 0 aliphatic carbocycles. The molecule has 16 heavy (non-hydrogen) atoms. The van der Waals surface area contributed by atoms with Gasteiger partial charge in [0.05, 0.1) is 6.10 Å². The van der Waals surface area contributed by atoms with Crippen molar-refractivity contribution in [2.75, 3.05) is 46.9 Å². The van der Waals surface area contributed by atoms with Crippen molar-refractivity contribution in [3.8, 4) is 0 Å². The first-order valence-electron chi connectivity index (χ1n) is 6.12. The van der Waals surface area contributed by atoms with Crippen molar-refractivity contribution in [3.05, 3.63) is 0 Å². The van der Waals surface area contributed by atoms with Crippen LogP contribution in [0.3, 0.4) is 0 Å². The number of hydrogen-bond donors (Lipinski definition) is 2. The van der Waals surface area contributed by atoms with Crippen molar-refractivity contribution in [3.63, 3.8) is 0 Å². The lowest BCUT2D eigenvalue weighted by molar-refractivity contribution is 0.115. The standard InChI is InChI=1S/C12H28N2O2/c1-11(2)8-13-9-12(15)10-14(3)6-5-7-16-4/h11-13,15H,5-10H2,1-4H3. The molecule has 98 valence electrons. The molecule has 0 aromatic rings. The van der Waals surface area contributed by atoms with E-state index in [0.29, 0.717) is 12.5 Å². The zero-order chi connectivity index (χ0) is 12.4. The fourth-order valence-electron chi connectivity index (χ4n) is 1.53. The summed E-state index contributed by atoms with van der Waals surface area (Å²) in [5.74, 6) is 0.631. The number of aliphatic hydroxyl groups excluding tert-OH is 1. The maximum absolute atomic E-state index is 9.75. The molecule has 0 aliphatic rings. The quantitative estimate of drug-likeness (QED) is 0.540. The van der Waals surface area contributed by atoms with Gasteiger partial charge in [-0.25, -0.2) is 0 Å². The molecule has 0 amide bonds. The summed E-state index contributed by atoms with van der Waals surface area (Å²) in [6, 6.07) is 0. The van der Waals surface area contributed by atoms with Crippen molar-refractivity contribution in [1.82, 2.24) is 10.2 Å². The molecule has 0 spiro atoms. The van der Waals surface area contributed by atoms with E-state index >= 15 is 0 Å². The van der Waals surface area contributed by atoms with Crippen LogP contribution in [0.2, 0.25) is 0 Å². The molecule has 1 atom stereocenters. The second-order valence-corrected chi connectivity index (χ2v) is 4.81. The first-order valence-corrected chi connectivity index (χ1v) is 6.12. The largest absolute Gasteiger partial charge is 0.390 e. The van der Waals surface area contributed by atoms with Crippen LogP contribution in [-0.2, 0) is 4.74 Å². The van der Waals surface area contributed by atoms with Crippen molar-refractivity contribution in [2.45, 2.75) is 26.4 Å². The fourth-order valence-corrected chi connectivity index (χ4v) is 1.53. The van der Waals surface area contributed by atoms with E-state index in [1.807, 2.05) is 7.05 Å². The molecule has 0 aromatic carbocycles. The third-order valence-corrected chi connectivity index (χ3v) is 2.34. The van der Waals surface area contributed by atoms with E-state index in [0.717, 1.165) is 32.7 Å². The Morgan fingerprint density at radius 2 is 2.00 bits per heavy atom. The topological polar surface area (TPSA) is 44.7 Å². The third-order valence-electron chi connectivity index (χ3n) is 2.34. The fraction of sp³-hybridized carbons (Fsp3) is 1.00. The molecule has 4 heteroatoms. The minimum absolute atomic E-state index is 0.286. The van der Waals surface area contributed by atoms with Crippen molar-refractivity contribution in [2.24, 2.45) is 5.92 Å². The SMILES string of the molecule is COCCCN(C)CC(O)CNCC(C)C. The third kappa shape index (κ3) is 10.4. The summed E-state index contributed by atoms with van der Waals surface area (Å²) in [4.78, 5) is 2.14. The summed E-state index contributed by atoms with van der Waals surface area (Å²) in [5.41, 5.74) is 0. The highest BCUT2D eigenvalue weighted by molar-refractivity contribution is 4.65. The second-order valence-electron chi connectivity index (χ2n) is 4.81. The smallest absolute Gasteiger partial charge is 0.0791 e. The Balaban J connectivity index is 3.42. The summed E-state index contributed by atoms with van der Waals surface area (Å²) < 4.78 is 4.99. The number of nitrogens with zero attached hydrogens (tertiary/aromatic N) is 1. The molecule has 2 N–H and O–H groups in total. The monoisotopic (exact) mass is 232 g/mol. The molecule has 0 aromatic heterocycles. The maximum Gasteiger partial charge on any atom is 0.0791 e. The van der Waals surface area contributed by atoms with Crippen LogP contribution in [0.25, 0.3) is 0 Å². The molecule has 0 fully saturated rings. The van der Waals surface area contributed by atoms with E-state index in [2.05, 4.69) is 24.1 Å². The van der Waals surface area contributed by atoms with Gasteiger partial charge in [-0.2, -0.15) is 0 Å². The van der Waals surface area contributed by atoms with E-state index in [1.165, 1.54) is 0 Å². The number of nitrogens with one attached hydrogen (secondary N) is 1. The van der Waals surface area contributed by atoms with E-state index in [9.17, 15) is 5.11 Å². The number of likely N-dealkylation sites (N-methyl/N-ethyl adjacent to an activating group) is 1. The van der Waals surface area contributed by atoms with Crippen LogP contribution in [0.4, 0.5) is 0 Å². The highest BCUT2D eigenvalue weighted by Gasteiger charge is 2.07. The summed E-state index contributed by atoms with van der Waals surface area (Å²) in [7, 11) is 3.74. The van der Waals surface area contributed by atoms with E-state index in [1.54, 1.807) is 7.11 Å². The van der Waals surface area contributed by atoms with Gasteiger partial charge in [0.15, 0.2) is 0 Å². The van der Waals surface area contributed by atoms with Crippen LogP contribution in [0.5, 0.6) is 0 Å². The van der Waals surface area contributed by atoms with Gasteiger partial charge in [0.2, 0.25) is 0 Å². The first kappa shape index (κ1) is 15.8. The molecule has 0 radical (unpaired) electrons. The molecular weight excluding hydrogens is 204 g/mol. The number of hydrogen-bond acceptors (Lipinski definition) is 4. The Labute approximate surface area is 100.0 Å². The lowest BCUT2D eigenvalue weighted by atomic mass is 10.2. The second kappa shape index (κ2) is 10.0. The van der Waals surface area contributed by atoms with Crippen LogP contribution in [0.15, 0.2) is 0 Å². The average molecular weight is 232 g/mol. The summed E-state index contributed by atoms with van der Waals surface area (Å²) in [5, 5.41) is 13.0. The van der Waals surface area contributed by atoms with Gasteiger partial charge < -0.3 is 20.1 Å². The van der Waals surface area contributed by atoms with E-state index < -0.39 is 0 Å². The normalized spacial score (nSPS) is 13.7. The highest BCUT2D eigenvalue weighted by atomic mass is 16.5. The molecule has 0 saturated carbocycles. The zero-order valence-corrected chi connectivity index (χ0v) is 11.2. The highest BCUT2D eigenvalue weighted by Crippen LogP contribution is 1.93. The van der Waals surface area contributed by atoms with Gasteiger partial charge in [-0.1, -0.05) is 13.8 Å². The number of methoxy groups -OCH3 is 1. The van der Waals surface area contributed by atoms with E-state index in [4.69, 9.17) is 4.74 Å². The van der Waals surface area contributed by atoms with Crippen molar-refractivity contribution >= 4 is 0 Å². The van der Waals surface area contributed by atoms with Gasteiger partial charge in [0, 0.05) is 33.4 Å². The van der Waals surface area contributed by atoms with Crippen LogP contribution >= 0.6 is 0 Å². The average Bonchev–Trinajstić information content (AvgIpc) is 2.17. The molecule has 0 saturated heterocycles. The van der Waals surface area contributed by atoms with Gasteiger partial charge in [-0.15, -0.1) is 0 Å². The number of rotatable bonds is 10. The minimum Gasteiger partial charge on any atom is -0.390 e. The molecule has 1 unspecified atom stereocenters. The summed E-state index contributed by atoms with van der Waals surface area (Å²) in [6.45, 7) is 8.43. The predicted octanol–water partition coefficient (Wildman–Crippen LogP) is 0.561. The molecule has 0 aliphatic heterocycles. The van der Waals surface area contributed by atoms with Crippen LogP contribution < -0.4 is 5.32 Å². The van der Waals surface area contributed by atoms with Gasteiger partial charge >= 0.3 is 0 Å². The number of ether oxygens (including phenoxy) is 1. The van der Waals surface area contributed by atoms with Crippen LogP contribution in [0.1, 0.15) is 20.3 Å². The molecular formula is C12H28N2O2. The van der Waals surface area contributed by atoms with Crippen molar-refractivity contribution < 1.29 is 9.84 Å². The lowest BCUT2D eigenvalue weighted by Crippen LogP contribution is -2.38. The molecule has 4 nitrogen and oxygen atoms in total. The van der Waals surface area contributed by atoms with Crippen LogP contribution in [-0.4, -0.2) is 63.1 Å². The van der Waals surface area contributed by atoms with E-state index in [-0.39, 0.29) is 6.10 Å². The molecule has 0 rings (SSSR count). The summed E-state index contributed by atoms with van der Waals surface area (Å²) in [6.07, 6.45) is 0.727. The van der Waals surface area contributed by atoms with Crippen molar-refractivity contribution in [1.29, 1.82) is 0 Å². The number of aliphatic hydroxyl groups is 1. The minimum atomic E-state index is -0.286. The maximum atomic E-state index is 9.75. The van der Waals surface area contributed by atoms with Gasteiger partial charge in [-0.05, 0) is 25.9 Å². The zero-order valence-electron chi connectivity index (χ0n) is 11.2. The van der Waals surface area contributed by atoms with Gasteiger partial charge in [0.25, 0.3) is 0 Å². The molecule has 0 bridgehead atoms. The Morgan fingerprint density at radius 1 is 1.31 bits per heavy atom. The van der Waals surface area contributed by atoms with Crippen LogP contribution in [0, 0.1) is 5.92 Å². The molecule has 0 heterocycles. The Hall–Kier alpha value is -0.160. The predicted molar refractivity (Wildman–Crippen MR) is 67.7 cm³/mol. The Bertz CT molecular complexity index is 154. The van der Waals surface area contributed by atoms with Gasteiger partial charge in [-0.3, -0.25) is 0 Å². The summed E-state index contributed by atoms with van der Waals surface area (Å²) >= 11 is 0. The lowest BCUT2D eigenvalue weighted by Gasteiger charge is -2.21. The Kier molecular flexibility index (Phi) is 9.92. The van der Waals surface area contributed by atoms with Gasteiger partial charge in [0.1, 0.15) is 0 Å². The first-order chi connectivity index (χ1) is 7.56. The Morgan fingerprint density at radius 3 is 2.56 bits per heavy atom.